The van der Waals surface area contributed by atoms with Crippen LogP contribution in [-0.2, 0) is 18.4 Å². The second-order valence-electron chi connectivity index (χ2n) is 7.40. The van der Waals surface area contributed by atoms with E-state index >= 15 is 0 Å². The average Bonchev–Trinajstić information content (AvgIpc) is 3.20. The summed E-state index contributed by atoms with van der Waals surface area (Å²) < 4.78 is 2.19. The molecule has 27 heavy (non-hydrogen) atoms. The molecule has 0 radical (unpaired) electrons. The van der Waals surface area contributed by atoms with Crippen LogP contribution in [-0.4, -0.2) is 38.4 Å². The zero-order valence-corrected chi connectivity index (χ0v) is 16.8. The van der Waals surface area contributed by atoms with Gasteiger partial charge in [-0.05, 0) is 38.4 Å². The van der Waals surface area contributed by atoms with Crippen molar-refractivity contribution >= 4 is 33.3 Å². The van der Waals surface area contributed by atoms with Crippen molar-refractivity contribution in [2.24, 2.45) is 7.05 Å². The van der Waals surface area contributed by atoms with Gasteiger partial charge in [0.25, 0.3) is 0 Å². The van der Waals surface area contributed by atoms with Gasteiger partial charge in [-0.25, -0.2) is 4.98 Å². The fourth-order valence-electron chi connectivity index (χ4n) is 4.01. The third-order valence-electron chi connectivity index (χ3n) is 5.12. The Morgan fingerprint density at radius 3 is 3.11 bits per heavy atom. The normalized spacial score (nSPS) is 18.1. The van der Waals surface area contributed by atoms with Gasteiger partial charge < -0.3 is 9.88 Å². The number of pyridine rings is 1. The summed E-state index contributed by atoms with van der Waals surface area (Å²) in [6, 6.07) is 4.34. The molecule has 6 nitrogen and oxygen atoms in total. The monoisotopic (exact) mass is 383 g/mol. The van der Waals surface area contributed by atoms with Gasteiger partial charge in [0.2, 0.25) is 5.91 Å². The van der Waals surface area contributed by atoms with Gasteiger partial charge in [0.05, 0.1) is 11.2 Å². The van der Waals surface area contributed by atoms with E-state index in [1.165, 1.54) is 41.2 Å². The number of carbonyl (C=O) groups is 1. The number of carbonyl (C=O) groups excluding carboxylic acids is 1. The van der Waals surface area contributed by atoms with Crippen LogP contribution in [0, 0.1) is 6.92 Å². The molecule has 0 saturated carbocycles. The second-order valence-corrected chi connectivity index (χ2v) is 8.52. The number of aromatic nitrogens is 3. The molecule has 0 aliphatic carbocycles. The van der Waals surface area contributed by atoms with Crippen LogP contribution in [0.15, 0.2) is 24.5 Å². The molecule has 3 aromatic heterocycles. The number of amides is 1. The molecule has 0 spiro atoms. The van der Waals surface area contributed by atoms with Crippen LogP contribution >= 0.6 is 11.3 Å². The number of piperidine rings is 1. The molecule has 4 heterocycles. The number of thiazole rings is 1. The molecule has 1 saturated heterocycles. The summed E-state index contributed by atoms with van der Waals surface area (Å²) in [7, 11) is 2.10. The van der Waals surface area contributed by atoms with E-state index < -0.39 is 0 Å². The number of fused-ring (bicyclic) bond motifs is 1. The van der Waals surface area contributed by atoms with Gasteiger partial charge in [0.1, 0.15) is 0 Å². The van der Waals surface area contributed by atoms with Gasteiger partial charge in [-0.3, -0.25) is 14.7 Å². The molecule has 142 valence electrons. The second kappa shape index (κ2) is 7.40. The Bertz CT molecular complexity index is 976. The number of aryl methyl sites for hydroxylation is 2. The summed E-state index contributed by atoms with van der Waals surface area (Å²) in [6.45, 7) is 6.55. The van der Waals surface area contributed by atoms with E-state index in [4.69, 9.17) is 4.98 Å². The number of rotatable bonds is 4. The van der Waals surface area contributed by atoms with Crippen LogP contribution in [0.3, 0.4) is 0 Å². The lowest BCUT2D eigenvalue weighted by Crippen LogP contribution is -2.34. The molecule has 4 rings (SSSR count). The molecular weight excluding hydrogens is 358 g/mol. The van der Waals surface area contributed by atoms with Gasteiger partial charge in [-0.15, -0.1) is 11.3 Å². The van der Waals surface area contributed by atoms with E-state index in [1.807, 2.05) is 6.20 Å². The molecule has 1 N–H and O–H groups in total. The van der Waals surface area contributed by atoms with E-state index in [1.54, 1.807) is 11.3 Å². The molecule has 1 fully saturated rings. The van der Waals surface area contributed by atoms with Crippen LogP contribution < -0.4 is 5.32 Å². The van der Waals surface area contributed by atoms with Gasteiger partial charge >= 0.3 is 0 Å². The summed E-state index contributed by atoms with van der Waals surface area (Å²) in [5.41, 5.74) is 3.58. The Morgan fingerprint density at radius 1 is 1.44 bits per heavy atom. The SMILES string of the molecule is CC(=O)Nc1ncc(CN2CCCC(c3nc(C)cc4ccn(C)c34)C2)s1. The molecular formula is C20H25N5OS. The van der Waals surface area contributed by atoms with E-state index in [0.717, 1.165) is 25.3 Å². The Kier molecular flexibility index (Phi) is 4.97. The molecule has 0 aromatic carbocycles. The Hall–Kier alpha value is -2.25. The molecule has 1 aliphatic rings. The lowest BCUT2D eigenvalue weighted by atomic mass is 9.93. The van der Waals surface area contributed by atoms with Gasteiger partial charge in [-0.2, -0.15) is 0 Å². The Morgan fingerprint density at radius 2 is 2.30 bits per heavy atom. The average molecular weight is 384 g/mol. The minimum absolute atomic E-state index is 0.0777. The molecule has 1 aliphatic heterocycles. The van der Waals surface area contributed by atoms with Crippen LogP contribution in [0.5, 0.6) is 0 Å². The minimum atomic E-state index is -0.0777. The fraction of sp³-hybridized carbons (Fsp3) is 0.450. The van der Waals surface area contributed by atoms with E-state index in [9.17, 15) is 4.79 Å². The highest BCUT2D eigenvalue weighted by atomic mass is 32.1. The van der Waals surface area contributed by atoms with Crippen LogP contribution in [0.2, 0.25) is 0 Å². The minimum Gasteiger partial charge on any atom is -0.349 e. The van der Waals surface area contributed by atoms with E-state index in [-0.39, 0.29) is 5.91 Å². The van der Waals surface area contributed by atoms with Gasteiger partial charge in [0, 0.05) is 61.3 Å². The van der Waals surface area contributed by atoms with Gasteiger partial charge in [0.15, 0.2) is 5.13 Å². The smallest absolute Gasteiger partial charge is 0.223 e. The lowest BCUT2D eigenvalue weighted by molar-refractivity contribution is -0.114. The van der Waals surface area contributed by atoms with Crippen molar-refractivity contribution in [2.75, 3.05) is 18.4 Å². The summed E-state index contributed by atoms with van der Waals surface area (Å²) in [4.78, 5) is 24.1. The largest absolute Gasteiger partial charge is 0.349 e. The maximum Gasteiger partial charge on any atom is 0.223 e. The Balaban J connectivity index is 1.53. The maximum absolute atomic E-state index is 11.2. The zero-order chi connectivity index (χ0) is 19.0. The maximum atomic E-state index is 11.2. The molecule has 1 amide bonds. The fourth-order valence-corrected chi connectivity index (χ4v) is 4.91. The number of hydrogen-bond acceptors (Lipinski definition) is 5. The molecule has 1 unspecified atom stereocenters. The number of hydrogen-bond donors (Lipinski definition) is 1. The highest BCUT2D eigenvalue weighted by Gasteiger charge is 2.25. The van der Waals surface area contributed by atoms with Crippen LogP contribution in [0.4, 0.5) is 5.13 Å². The van der Waals surface area contributed by atoms with Gasteiger partial charge in [-0.1, -0.05) is 0 Å². The standard InChI is InChI=1S/C20H25N5OS/c1-13-9-15-6-8-24(3)19(15)18(22-13)16-5-4-7-25(11-16)12-17-10-21-20(27-17)23-14(2)26/h6,8-10,16H,4-5,7,11-12H2,1-3H3,(H,21,23,26). The highest BCUT2D eigenvalue weighted by molar-refractivity contribution is 7.15. The van der Waals surface area contributed by atoms with Crippen molar-refractivity contribution in [3.63, 3.8) is 0 Å². The topological polar surface area (TPSA) is 63.1 Å². The lowest BCUT2D eigenvalue weighted by Gasteiger charge is -2.32. The Labute approximate surface area is 163 Å². The highest BCUT2D eigenvalue weighted by Crippen LogP contribution is 2.32. The zero-order valence-electron chi connectivity index (χ0n) is 16.0. The molecule has 0 bridgehead atoms. The summed E-state index contributed by atoms with van der Waals surface area (Å²) in [5, 5.41) is 4.72. The number of likely N-dealkylation sites (tertiary alicyclic amines) is 1. The van der Waals surface area contributed by atoms with Crippen molar-refractivity contribution in [2.45, 2.75) is 39.2 Å². The van der Waals surface area contributed by atoms with Crippen molar-refractivity contribution in [1.82, 2.24) is 19.4 Å². The molecule has 3 aromatic rings. The first kappa shape index (κ1) is 18.1. The van der Waals surface area contributed by atoms with E-state index in [2.05, 4.69) is 52.1 Å². The number of anilines is 1. The summed E-state index contributed by atoms with van der Waals surface area (Å²) in [6.07, 6.45) is 6.34. The van der Waals surface area contributed by atoms with Crippen molar-refractivity contribution < 1.29 is 4.79 Å². The molecule has 1 atom stereocenters. The predicted molar refractivity (Wildman–Crippen MR) is 109 cm³/mol. The first-order valence-electron chi connectivity index (χ1n) is 9.37. The van der Waals surface area contributed by atoms with Crippen molar-refractivity contribution in [3.8, 4) is 0 Å². The third kappa shape index (κ3) is 3.89. The van der Waals surface area contributed by atoms with Crippen molar-refractivity contribution in [3.05, 3.63) is 40.8 Å². The van der Waals surface area contributed by atoms with Crippen LogP contribution in [0.25, 0.3) is 10.9 Å². The first-order valence-corrected chi connectivity index (χ1v) is 10.2. The van der Waals surface area contributed by atoms with E-state index in [0.29, 0.717) is 11.0 Å². The number of nitrogens with zero attached hydrogens (tertiary/aromatic N) is 4. The quantitative estimate of drug-likeness (QED) is 0.747. The predicted octanol–water partition coefficient (Wildman–Crippen LogP) is 3.68. The van der Waals surface area contributed by atoms with Crippen LogP contribution in [0.1, 0.15) is 41.9 Å². The number of nitrogens with one attached hydrogen (secondary N) is 1. The molecule has 7 heteroatoms. The first-order chi connectivity index (χ1) is 13.0. The third-order valence-corrected chi connectivity index (χ3v) is 6.01. The van der Waals surface area contributed by atoms with Crippen molar-refractivity contribution in [1.29, 1.82) is 0 Å². The summed E-state index contributed by atoms with van der Waals surface area (Å²) in [5.74, 6) is 0.364. The summed E-state index contributed by atoms with van der Waals surface area (Å²) >= 11 is 1.56.